The molecule has 0 aromatic heterocycles. The molecule has 0 fully saturated rings. The SMILES string of the molecule is CCCCCC=CCC=CCCCCCCC(C=O)C(=O)CCCCCCCC=CCCCCCCCC. The number of ketones is 1. The lowest BCUT2D eigenvalue weighted by molar-refractivity contribution is -0.127. The molecule has 0 aromatic carbocycles. The summed E-state index contributed by atoms with van der Waals surface area (Å²) >= 11 is 0. The average molecular weight is 529 g/mol. The number of carbonyl (C=O) groups excluding carboxylic acids is 2. The first-order valence-corrected chi connectivity index (χ1v) is 16.7. The van der Waals surface area contributed by atoms with Crippen molar-refractivity contribution in [3.8, 4) is 0 Å². The van der Waals surface area contributed by atoms with Crippen molar-refractivity contribution in [1.29, 1.82) is 0 Å². The minimum atomic E-state index is -0.365. The Kier molecular flexibility index (Phi) is 30.6. The zero-order valence-corrected chi connectivity index (χ0v) is 25.6. The molecule has 0 aliphatic heterocycles. The molecule has 0 aliphatic rings. The Hall–Kier alpha value is -1.44. The van der Waals surface area contributed by atoms with Crippen LogP contribution < -0.4 is 0 Å². The maximum atomic E-state index is 12.4. The van der Waals surface area contributed by atoms with Gasteiger partial charge >= 0.3 is 0 Å². The van der Waals surface area contributed by atoms with Gasteiger partial charge in [0.1, 0.15) is 12.1 Å². The zero-order chi connectivity index (χ0) is 27.8. The molecule has 0 aromatic rings. The number of Topliss-reactive ketones (excluding diaryl/α,β-unsaturated/α-hetero) is 1. The van der Waals surface area contributed by atoms with Crippen LogP contribution in [0, 0.1) is 5.92 Å². The highest BCUT2D eigenvalue weighted by molar-refractivity contribution is 5.93. The molecular weight excluding hydrogens is 464 g/mol. The molecule has 1 atom stereocenters. The fourth-order valence-corrected chi connectivity index (χ4v) is 4.86. The van der Waals surface area contributed by atoms with Crippen molar-refractivity contribution in [2.24, 2.45) is 5.92 Å². The zero-order valence-electron chi connectivity index (χ0n) is 25.6. The van der Waals surface area contributed by atoms with E-state index < -0.39 is 0 Å². The lowest BCUT2D eigenvalue weighted by atomic mass is 9.94. The van der Waals surface area contributed by atoms with Crippen molar-refractivity contribution in [1.82, 2.24) is 0 Å². The molecule has 0 heterocycles. The normalized spacial score (nSPS) is 12.8. The molecule has 2 heteroatoms. The maximum absolute atomic E-state index is 12.4. The molecule has 0 radical (unpaired) electrons. The first-order valence-electron chi connectivity index (χ1n) is 16.7. The van der Waals surface area contributed by atoms with E-state index in [1.54, 1.807) is 0 Å². The molecule has 0 saturated heterocycles. The monoisotopic (exact) mass is 528 g/mol. The Bertz CT molecular complexity index is 586. The summed E-state index contributed by atoms with van der Waals surface area (Å²) in [7, 11) is 0. The predicted molar refractivity (Wildman–Crippen MR) is 169 cm³/mol. The summed E-state index contributed by atoms with van der Waals surface area (Å²) in [6.45, 7) is 4.51. The smallest absolute Gasteiger partial charge is 0.143 e. The van der Waals surface area contributed by atoms with E-state index >= 15 is 0 Å². The highest BCUT2D eigenvalue weighted by atomic mass is 16.1. The molecule has 0 rings (SSSR count). The van der Waals surface area contributed by atoms with Crippen LogP contribution in [-0.2, 0) is 9.59 Å². The van der Waals surface area contributed by atoms with Crippen molar-refractivity contribution < 1.29 is 9.59 Å². The van der Waals surface area contributed by atoms with Gasteiger partial charge in [0.2, 0.25) is 0 Å². The fraction of sp³-hybridized carbons (Fsp3) is 0.778. The predicted octanol–water partition coefficient (Wildman–Crippen LogP) is 11.8. The molecule has 38 heavy (non-hydrogen) atoms. The van der Waals surface area contributed by atoms with Crippen LogP contribution in [-0.4, -0.2) is 12.1 Å². The van der Waals surface area contributed by atoms with E-state index in [9.17, 15) is 9.59 Å². The molecule has 220 valence electrons. The highest BCUT2D eigenvalue weighted by Crippen LogP contribution is 2.16. The summed E-state index contributed by atoms with van der Waals surface area (Å²) in [5.74, 6) is -0.195. The Balaban J connectivity index is 3.55. The van der Waals surface area contributed by atoms with Crippen LogP contribution in [0.2, 0.25) is 0 Å². The third kappa shape index (κ3) is 27.6. The molecule has 0 amide bonds. The third-order valence-electron chi connectivity index (χ3n) is 7.48. The van der Waals surface area contributed by atoms with Gasteiger partial charge in [-0.3, -0.25) is 4.79 Å². The van der Waals surface area contributed by atoms with E-state index in [4.69, 9.17) is 0 Å². The van der Waals surface area contributed by atoms with Crippen molar-refractivity contribution in [2.45, 2.75) is 174 Å². The van der Waals surface area contributed by atoms with Gasteiger partial charge in [-0.1, -0.05) is 134 Å². The number of unbranched alkanes of at least 4 members (excludes halogenated alkanes) is 18. The Morgan fingerprint density at radius 3 is 1.42 bits per heavy atom. The van der Waals surface area contributed by atoms with Gasteiger partial charge < -0.3 is 4.79 Å². The minimum absolute atomic E-state index is 0.170. The molecule has 0 saturated carbocycles. The Morgan fingerprint density at radius 1 is 0.500 bits per heavy atom. The van der Waals surface area contributed by atoms with Crippen LogP contribution in [0.5, 0.6) is 0 Å². The molecule has 1 unspecified atom stereocenters. The van der Waals surface area contributed by atoms with Crippen LogP contribution in [0.25, 0.3) is 0 Å². The van der Waals surface area contributed by atoms with Crippen molar-refractivity contribution in [3.63, 3.8) is 0 Å². The lowest BCUT2D eigenvalue weighted by Gasteiger charge is -2.09. The van der Waals surface area contributed by atoms with E-state index in [0.717, 1.165) is 51.2 Å². The van der Waals surface area contributed by atoms with Gasteiger partial charge in [0, 0.05) is 6.42 Å². The molecule has 2 nitrogen and oxygen atoms in total. The number of rotatable bonds is 30. The summed E-state index contributed by atoms with van der Waals surface area (Å²) < 4.78 is 0. The minimum Gasteiger partial charge on any atom is -0.303 e. The van der Waals surface area contributed by atoms with Crippen molar-refractivity contribution >= 4 is 12.1 Å². The van der Waals surface area contributed by atoms with Crippen LogP contribution in [0.15, 0.2) is 36.5 Å². The summed E-state index contributed by atoms with van der Waals surface area (Å²) in [6.07, 6.45) is 44.3. The van der Waals surface area contributed by atoms with Gasteiger partial charge in [0.05, 0.1) is 5.92 Å². The largest absolute Gasteiger partial charge is 0.303 e. The summed E-state index contributed by atoms with van der Waals surface area (Å²) in [5, 5.41) is 0. The number of hydrogen-bond donors (Lipinski definition) is 0. The Morgan fingerprint density at radius 2 is 0.895 bits per heavy atom. The third-order valence-corrected chi connectivity index (χ3v) is 7.48. The van der Waals surface area contributed by atoms with Crippen LogP contribution >= 0.6 is 0 Å². The van der Waals surface area contributed by atoms with E-state index in [1.807, 2.05) is 0 Å². The van der Waals surface area contributed by atoms with Gasteiger partial charge in [0.15, 0.2) is 0 Å². The summed E-state index contributed by atoms with van der Waals surface area (Å²) in [4.78, 5) is 23.8. The molecule has 0 bridgehead atoms. The second-order valence-electron chi connectivity index (χ2n) is 11.2. The lowest BCUT2D eigenvalue weighted by Crippen LogP contribution is -2.15. The average Bonchev–Trinajstić information content (AvgIpc) is 2.93. The second kappa shape index (κ2) is 31.8. The second-order valence-corrected chi connectivity index (χ2v) is 11.2. The topological polar surface area (TPSA) is 34.1 Å². The Labute approximate surface area is 238 Å². The van der Waals surface area contributed by atoms with Gasteiger partial charge in [-0.25, -0.2) is 0 Å². The number of aldehydes is 1. The van der Waals surface area contributed by atoms with Crippen molar-refractivity contribution in [2.75, 3.05) is 0 Å². The van der Waals surface area contributed by atoms with Crippen LogP contribution in [0.1, 0.15) is 174 Å². The van der Waals surface area contributed by atoms with Gasteiger partial charge in [-0.15, -0.1) is 0 Å². The van der Waals surface area contributed by atoms with E-state index in [2.05, 4.69) is 50.3 Å². The first kappa shape index (κ1) is 36.6. The molecule has 0 N–H and O–H groups in total. The van der Waals surface area contributed by atoms with E-state index in [1.165, 1.54) is 109 Å². The van der Waals surface area contributed by atoms with Crippen LogP contribution in [0.4, 0.5) is 0 Å². The molecule has 0 aliphatic carbocycles. The molecule has 0 spiro atoms. The van der Waals surface area contributed by atoms with Gasteiger partial charge in [-0.2, -0.15) is 0 Å². The fourth-order valence-electron chi connectivity index (χ4n) is 4.86. The van der Waals surface area contributed by atoms with E-state index in [0.29, 0.717) is 6.42 Å². The van der Waals surface area contributed by atoms with E-state index in [-0.39, 0.29) is 11.7 Å². The highest BCUT2D eigenvalue weighted by Gasteiger charge is 2.16. The summed E-state index contributed by atoms with van der Waals surface area (Å²) in [5.41, 5.74) is 0. The number of hydrogen-bond acceptors (Lipinski definition) is 2. The summed E-state index contributed by atoms with van der Waals surface area (Å²) in [6, 6.07) is 0. The van der Waals surface area contributed by atoms with Gasteiger partial charge in [0.25, 0.3) is 0 Å². The van der Waals surface area contributed by atoms with Crippen molar-refractivity contribution in [3.05, 3.63) is 36.5 Å². The molecular formula is C36H64O2. The van der Waals surface area contributed by atoms with Crippen LogP contribution in [0.3, 0.4) is 0 Å². The first-order chi connectivity index (χ1) is 18.8. The quantitative estimate of drug-likeness (QED) is 0.0402. The van der Waals surface area contributed by atoms with Gasteiger partial charge in [-0.05, 0) is 70.6 Å². The number of allylic oxidation sites excluding steroid dienone is 6. The maximum Gasteiger partial charge on any atom is 0.143 e. The standard InChI is InChI=1S/C36H64O2/c1-3-5-7-9-11-13-15-17-19-21-23-25-27-29-31-33-36(38)35(34-37)32-30-28-26-24-22-20-18-16-14-12-10-8-6-4-2/h12,14,17-20,34-35H,3-11,13,15-16,21-33H2,1-2H3. The number of carbonyl (C=O) groups is 2.